The van der Waals surface area contributed by atoms with E-state index in [-0.39, 0.29) is 29.7 Å². The summed E-state index contributed by atoms with van der Waals surface area (Å²) in [4.78, 5) is 16.6. The zero-order chi connectivity index (χ0) is 21.0. The molecule has 3 rings (SSSR count). The fourth-order valence-electron chi connectivity index (χ4n) is 4.09. The van der Waals surface area contributed by atoms with E-state index in [1.807, 2.05) is 0 Å². The zero-order valence-corrected chi connectivity index (χ0v) is 16.7. The number of ether oxygens (including phenoxy) is 2. The highest BCUT2D eigenvalue weighted by Gasteiger charge is 2.31. The lowest BCUT2D eigenvalue weighted by Crippen LogP contribution is -2.49. The van der Waals surface area contributed by atoms with E-state index >= 15 is 0 Å². The molecule has 1 aromatic carbocycles. The summed E-state index contributed by atoms with van der Waals surface area (Å²) in [7, 11) is 0. The Balaban J connectivity index is 1.46. The minimum absolute atomic E-state index is 0.238. The highest BCUT2D eigenvalue weighted by Crippen LogP contribution is 2.26. The third-order valence-electron chi connectivity index (χ3n) is 5.23. The van der Waals surface area contributed by atoms with Crippen molar-refractivity contribution in [2.45, 2.75) is 45.3 Å². The molecule has 1 aromatic rings. The molecule has 0 aliphatic carbocycles. The predicted molar refractivity (Wildman–Crippen MR) is 103 cm³/mol. The molecule has 2 unspecified atom stereocenters. The largest absolute Gasteiger partial charge is 0.573 e. The summed E-state index contributed by atoms with van der Waals surface area (Å²) in [5.41, 5.74) is 0.273. The number of nitrogens with one attached hydrogen (secondary N) is 1. The van der Waals surface area contributed by atoms with Crippen LogP contribution in [-0.2, 0) is 4.74 Å². The number of hydrogen-bond acceptors (Lipinski definition) is 4. The summed E-state index contributed by atoms with van der Waals surface area (Å²) < 4.78 is 46.7. The Kier molecular flexibility index (Phi) is 6.89. The van der Waals surface area contributed by atoms with Crippen molar-refractivity contribution in [2.75, 3.05) is 38.0 Å². The molecule has 0 radical (unpaired) electrons. The second-order valence-corrected chi connectivity index (χ2v) is 7.91. The standard InChI is InChI=1S/C20H28F3N3O3/c1-14-11-25(12-15(2)28-14)13-16-6-8-26(9-7-16)19(27)24-17-4-3-5-18(10-17)29-20(21,22)23/h3-5,10,14-16H,6-9,11-13H2,1-2H3,(H,24,27). The number of urea groups is 1. The van der Waals surface area contributed by atoms with E-state index in [1.165, 1.54) is 24.3 Å². The number of halogens is 3. The Labute approximate surface area is 168 Å². The van der Waals surface area contributed by atoms with Crippen LogP contribution in [-0.4, -0.2) is 67.1 Å². The van der Waals surface area contributed by atoms with Crippen molar-refractivity contribution in [3.63, 3.8) is 0 Å². The predicted octanol–water partition coefficient (Wildman–Crippen LogP) is 3.94. The molecule has 162 valence electrons. The molecule has 0 spiro atoms. The van der Waals surface area contributed by atoms with Gasteiger partial charge in [-0.3, -0.25) is 4.90 Å². The molecule has 1 N–H and O–H groups in total. The van der Waals surface area contributed by atoms with Crippen LogP contribution in [0.3, 0.4) is 0 Å². The summed E-state index contributed by atoms with van der Waals surface area (Å²) in [5, 5.41) is 2.66. The molecule has 2 amide bonds. The van der Waals surface area contributed by atoms with Crippen LogP contribution in [0.5, 0.6) is 5.75 Å². The maximum absolute atomic E-state index is 12.5. The van der Waals surface area contributed by atoms with Crippen LogP contribution in [0.4, 0.5) is 23.7 Å². The van der Waals surface area contributed by atoms with Gasteiger partial charge in [0.2, 0.25) is 0 Å². The topological polar surface area (TPSA) is 54.0 Å². The third kappa shape index (κ3) is 6.78. The third-order valence-corrected chi connectivity index (χ3v) is 5.23. The smallest absolute Gasteiger partial charge is 0.406 e. The quantitative estimate of drug-likeness (QED) is 0.810. The maximum Gasteiger partial charge on any atom is 0.573 e. The monoisotopic (exact) mass is 415 g/mol. The molecule has 6 nitrogen and oxygen atoms in total. The number of amides is 2. The van der Waals surface area contributed by atoms with Gasteiger partial charge in [0.05, 0.1) is 12.2 Å². The van der Waals surface area contributed by atoms with E-state index in [1.54, 1.807) is 4.90 Å². The first-order valence-electron chi connectivity index (χ1n) is 9.97. The Morgan fingerprint density at radius 3 is 2.48 bits per heavy atom. The summed E-state index contributed by atoms with van der Waals surface area (Å²) in [6.45, 7) is 8.30. The number of morpholine rings is 1. The van der Waals surface area contributed by atoms with E-state index in [0.29, 0.717) is 19.0 Å². The maximum atomic E-state index is 12.5. The molecule has 2 atom stereocenters. The van der Waals surface area contributed by atoms with Crippen molar-refractivity contribution in [2.24, 2.45) is 5.92 Å². The van der Waals surface area contributed by atoms with Crippen LogP contribution in [0.15, 0.2) is 24.3 Å². The van der Waals surface area contributed by atoms with E-state index in [0.717, 1.165) is 32.5 Å². The average molecular weight is 415 g/mol. The molecular formula is C20H28F3N3O3. The van der Waals surface area contributed by atoms with Gasteiger partial charge in [-0.2, -0.15) is 0 Å². The fraction of sp³-hybridized carbons (Fsp3) is 0.650. The van der Waals surface area contributed by atoms with Gasteiger partial charge in [0, 0.05) is 44.5 Å². The summed E-state index contributed by atoms with van der Waals surface area (Å²) in [6.07, 6.45) is -2.47. The lowest BCUT2D eigenvalue weighted by Gasteiger charge is -2.39. The number of rotatable bonds is 4. The minimum Gasteiger partial charge on any atom is -0.406 e. The van der Waals surface area contributed by atoms with Crippen LogP contribution in [0, 0.1) is 5.92 Å². The summed E-state index contributed by atoms with van der Waals surface area (Å²) in [6, 6.07) is 5.00. The second-order valence-electron chi connectivity index (χ2n) is 7.91. The van der Waals surface area contributed by atoms with E-state index in [9.17, 15) is 18.0 Å². The highest BCUT2D eigenvalue weighted by atomic mass is 19.4. The van der Waals surface area contributed by atoms with Gasteiger partial charge < -0.3 is 19.7 Å². The molecular weight excluding hydrogens is 387 g/mol. The highest BCUT2D eigenvalue weighted by molar-refractivity contribution is 5.89. The average Bonchev–Trinajstić information content (AvgIpc) is 2.60. The number of nitrogens with zero attached hydrogens (tertiary/aromatic N) is 2. The van der Waals surface area contributed by atoms with Crippen molar-refractivity contribution in [3.05, 3.63) is 24.3 Å². The normalized spacial score (nSPS) is 24.4. The van der Waals surface area contributed by atoms with Crippen molar-refractivity contribution in [1.29, 1.82) is 0 Å². The number of hydrogen-bond donors (Lipinski definition) is 1. The number of alkyl halides is 3. The molecule has 2 fully saturated rings. The summed E-state index contributed by atoms with van der Waals surface area (Å²) in [5.74, 6) is 0.169. The fourth-order valence-corrected chi connectivity index (χ4v) is 4.09. The van der Waals surface area contributed by atoms with Gasteiger partial charge >= 0.3 is 12.4 Å². The summed E-state index contributed by atoms with van der Waals surface area (Å²) >= 11 is 0. The molecule has 2 aliphatic heterocycles. The van der Waals surface area contributed by atoms with Gasteiger partial charge in [0.25, 0.3) is 0 Å². The van der Waals surface area contributed by atoms with Crippen molar-refractivity contribution >= 4 is 11.7 Å². The zero-order valence-electron chi connectivity index (χ0n) is 16.7. The first kappa shape index (κ1) is 21.7. The van der Waals surface area contributed by atoms with Crippen LogP contribution in [0.25, 0.3) is 0 Å². The van der Waals surface area contributed by atoms with Crippen LogP contribution >= 0.6 is 0 Å². The first-order valence-corrected chi connectivity index (χ1v) is 9.97. The Morgan fingerprint density at radius 2 is 1.86 bits per heavy atom. The molecule has 9 heteroatoms. The molecule has 2 heterocycles. The van der Waals surface area contributed by atoms with Crippen molar-refractivity contribution in [1.82, 2.24) is 9.80 Å². The molecule has 2 saturated heterocycles. The number of likely N-dealkylation sites (tertiary alicyclic amines) is 1. The van der Waals surface area contributed by atoms with Crippen LogP contribution in [0.1, 0.15) is 26.7 Å². The minimum atomic E-state index is -4.76. The van der Waals surface area contributed by atoms with Gasteiger partial charge in [0.15, 0.2) is 0 Å². The van der Waals surface area contributed by atoms with Gasteiger partial charge in [-0.1, -0.05) is 6.07 Å². The van der Waals surface area contributed by atoms with Crippen LogP contribution < -0.4 is 10.1 Å². The van der Waals surface area contributed by atoms with Gasteiger partial charge in [-0.15, -0.1) is 13.2 Å². The van der Waals surface area contributed by atoms with E-state index in [4.69, 9.17) is 4.74 Å². The number of piperidine rings is 1. The molecule has 2 aliphatic rings. The Bertz CT molecular complexity index is 683. The number of benzene rings is 1. The SMILES string of the molecule is CC1CN(CC2CCN(C(=O)Nc3cccc(OC(F)(F)F)c3)CC2)CC(C)O1. The Hall–Kier alpha value is -2.00. The first-order chi connectivity index (χ1) is 13.7. The molecule has 0 saturated carbocycles. The number of anilines is 1. The lowest BCUT2D eigenvalue weighted by molar-refractivity contribution is -0.274. The van der Waals surface area contributed by atoms with E-state index in [2.05, 4.69) is 28.8 Å². The van der Waals surface area contributed by atoms with Crippen LogP contribution in [0.2, 0.25) is 0 Å². The molecule has 0 aromatic heterocycles. The number of carbonyl (C=O) groups is 1. The Morgan fingerprint density at radius 1 is 1.21 bits per heavy atom. The van der Waals surface area contributed by atoms with Gasteiger partial charge in [-0.25, -0.2) is 4.79 Å². The van der Waals surface area contributed by atoms with Gasteiger partial charge in [-0.05, 0) is 44.7 Å². The van der Waals surface area contributed by atoms with Crippen molar-refractivity contribution < 1.29 is 27.4 Å². The second kappa shape index (κ2) is 9.21. The number of carbonyl (C=O) groups excluding carboxylic acids is 1. The van der Waals surface area contributed by atoms with Gasteiger partial charge in [0.1, 0.15) is 5.75 Å². The lowest BCUT2D eigenvalue weighted by atomic mass is 9.96. The molecule has 0 bridgehead atoms. The molecule has 29 heavy (non-hydrogen) atoms. The van der Waals surface area contributed by atoms with E-state index < -0.39 is 6.36 Å². The van der Waals surface area contributed by atoms with Crippen molar-refractivity contribution in [3.8, 4) is 5.75 Å².